The van der Waals surface area contributed by atoms with E-state index < -0.39 is 12.0 Å². The minimum Gasteiger partial charge on any atom is -0.493 e. The molecule has 1 aliphatic heterocycles. The first kappa shape index (κ1) is 27.5. The molecule has 3 aromatic rings. The molecule has 0 unspecified atom stereocenters. The zero-order valence-corrected chi connectivity index (χ0v) is 23.0. The van der Waals surface area contributed by atoms with Crippen LogP contribution in [0.25, 0.3) is 6.08 Å². The van der Waals surface area contributed by atoms with Crippen LogP contribution in [0.2, 0.25) is 0 Å². The Bertz CT molecular complexity index is 1640. The van der Waals surface area contributed by atoms with Gasteiger partial charge in [0.2, 0.25) is 5.75 Å². The molecule has 10 nitrogen and oxygen atoms in total. The molecule has 2 aromatic carbocycles. The van der Waals surface area contributed by atoms with Gasteiger partial charge in [-0.1, -0.05) is 29.5 Å². The van der Waals surface area contributed by atoms with Crippen LogP contribution in [0.15, 0.2) is 57.5 Å². The van der Waals surface area contributed by atoms with Gasteiger partial charge in [0, 0.05) is 5.56 Å². The Labute approximate surface area is 228 Å². The van der Waals surface area contributed by atoms with Crippen molar-refractivity contribution >= 4 is 23.4 Å². The Hall–Kier alpha value is -4.56. The van der Waals surface area contributed by atoms with Gasteiger partial charge in [0.25, 0.3) is 5.56 Å². The number of nitrogens with zero attached hydrogens (tertiary/aromatic N) is 3. The third-order valence-electron chi connectivity index (χ3n) is 6.02. The van der Waals surface area contributed by atoms with Crippen molar-refractivity contribution < 1.29 is 28.5 Å². The average Bonchev–Trinajstić information content (AvgIpc) is 3.24. The van der Waals surface area contributed by atoms with Gasteiger partial charge in [0.05, 0.1) is 49.8 Å². The Morgan fingerprint density at radius 3 is 2.44 bits per heavy atom. The molecule has 0 saturated heterocycles. The number of para-hydroxylation sites is 1. The summed E-state index contributed by atoms with van der Waals surface area (Å²) in [4.78, 5) is 32.1. The zero-order chi connectivity index (χ0) is 28.1. The number of carbonyl (C=O) groups is 1. The predicted octanol–water partition coefficient (Wildman–Crippen LogP) is 2.73. The van der Waals surface area contributed by atoms with Crippen molar-refractivity contribution in [1.29, 1.82) is 5.26 Å². The van der Waals surface area contributed by atoms with E-state index >= 15 is 0 Å². The van der Waals surface area contributed by atoms with Crippen LogP contribution in [0, 0.1) is 11.3 Å². The lowest BCUT2D eigenvalue weighted by molar-refractivity contribution is -0.139. The first-order chi connectivity index (χ1) is 18.9. The molecule has 1 aromatic heterocycles. The molecule has 39 heavy (non-hydrogen) atoms. The number of methoxy groups -OCH3 is 3. The van der Waals surface area contributed by atoms with Crippen molar-refractivity contribution in [3.8, 4) is 29.1 Å². The number of thiazole rings is 1. The summed E-state index contributed by atoms with van der Waals surface area (Å²) in [5.41, 5.74) is 1.47. The first-order valence-electron chi connectivity index (χ1n) is 12.0. The fraction of sp³-hybridized carbons (Fsp3) is 0.286. The lowest BCUT2D eigenvalue weighted by Gasteiger charge is -2.26. The van der Waals surface area contributed by atoms with E-state index in [9.17, 15) is 9.59 Å². The maximum atomic E-state index is 13.9. The summed E-state index contributed by atoms with van der Waals surface area (Å²) in [5, 5.41) is 8.92. The molecule has 0 aliphatic carbocycles. The largest absolute Gasteiger partial charge is 0.493 e. The highest BCUT2D eigenvalue weighted by molar-refractivity contribution is 7.07. The minimum atomic E-state index is -0.874. The van der Waals surface area contributed by atoms with Gasteiger partial charge in [-0.25, -0.2) is 9.79 Å². The normalized spacial score (nSPS) is 14.7. The summed E-state index contributed by atoms with van der Waals surface area (Å²) < 4.78 is 29.3. The van der Waals surface area contributed by atoms with Gasteiger partial charge in [0.1, 0.15) is 11.8 Å². The fourth-order valence-electron chi connectivity index (χ4n) is 4.35. The van der Waals surface area contributed by atoms with E-state index in [0.29, 0.717) is 49.2 Å². The van der Waals surface area contributed by atoms with Crippen LogP contribution >= 0.6 is 11.3 Å². The second-order valence-corrected chi connectivity index (χ2v) is 9.25. The van der Waals surface area contributed by atoms with Gasteiger partial charge < -0.3 is 23.7 Å². The van der Waals surface area contributed by atoms with E-state index in [0.717, 1.165) is 0 Å². The first-order valence-corrected chi connectivity index (χ1v) is 12.8. The van der Waals surface area contributed by atoms with Crippen molar-refractivity contribution in [2.45, 2.75) is 19.9 Å². The lowest BCUT2D eigenvalue weighted by atomic mass is 9.95. The molecular weight excluding hydrogens is 522 g/mol. The molecule has 0 spiro atoms. The molecule has 202 valence electrons. The quantitative estimate of drug-likeness (QED) is 0.374. The average molecular weight is 550 g/mol. The third-order valence-corrected chi connectivity index (χ3v) is 7.00. The SMILES string of the molecule is CCOC(=O)C1=C(C)N=c2s/c(=C\c3ccccc3OCC#N)c(=O)n2[C@@H]1c1cc(OC)c(OC)c(OC)c1. The molecule has 0 fully saturated rings. The summed E-state index contributed by atoms with van der Waals surface area (Å²) in [7, 11) is 4.48. The smallest absolute Gasteiger partial charge is 0.338 e. The van der Waals surface area contributed by atoms with E-state index in [1.54, 1.807) is 50.3 Å². The van der Waals surface area contributed by atoms with Crippen LogP contribution in [0.3, 0.4) is 0 Å². The number of hydrogen-bond acceptors (Lipinski definition) is 10. The molecule has 11 heteroatoms. The molecule has 1 atom stereocenters. The number of esters is 1. The molecule has 2 heterocycles. The Morgan fingerprint density at radius 1 is 1.13 bits per heavy atom. The monoisotopic (exact) mass is 549 g/mol. The number of ether oxygens (including phenoxy) is 5. The van der Waals surface area contributed by atoms with Crippen molar-refractivity contribution in [3.05, 3.63) is 78.5 Å². The van der Waals surface area contributed by atoms with Crippen LogP contribution < -0.4 is 33.8 Å². The maximum absolute atomic E-state index is 13.9. The Morgan fingerprint density at radius 2 is 1.82 bits per heavy atom. The highest BCUT2D eigenvalue weighted by Gasteiger charge is 2.34. The molecule has 0 saturated carbocycles. The number of benzene rings is 2. The summed E-state index contributed by atoms with van der Waals surface area (Å²) in [6.45, 7) is 3.44. The number of aromatic nitrogens is 1. The van der Waals surface area contributed by atoms with E-state index in [1.165, 1.54) is 37.2 Å². The molecular formula is C28H27N3O7S. The van der Waals surface area contributed by atoms with Crippen LogP contribution in [0.4, 0.5) is 0 Å². The van der Waals surface area contributed by atoms with Crippen LogP contribution in [-0.2, 0) is 9.53 Å². The molecule has 0 bridgehead atoms. The van der Waals surface area contributed by atoms with Gasteiger partial charge >= 0.3 is 5.97 Å². The van der Waals surface area contributed by atoms with Crippen molar-refractivity contribution in [2.24, 2.45) is 4.99 Å². The number of hydrogen-bond donors (Lipinski definition) is 0. The highest BCUT2D eigenvalue weighted by atomic mass is 32.1. The Balaban J connectivity index is 1.99. The highest BCUT2D eigenvalue weighted by Crippen LogP contribution is 2.42. The van der Waals surface area contributed by atoms with Crippen LogP contribution in [-0.4, -0.2) is 45.1 Å². The second-order valence-electron chi connectivity index (χ2n) is 8.25. The van der Waals surface area contributed by atoms with Gasteiger partial charge in [-0.2, -0.15) is 5.26 Å². The molecule has 0 radical (unpaired) electrons. The minimum absolute atomic E-state index is 0.130. The standard InChI is InChI=1S/C28H27N3O7S/c1-6-37-27(33)23-16(2)30-28-31(24(23)18-13-20(34-3)25(36-5)21(14-18)35-4)26(32)22(39-28)15-17-9-7-8-10-19(17)38-12-11-29/h7-10,13-15,24H,6,12H2,1-5H3/b22-15-/t24-/m1/s1. The van der Waals surface area contributed by atoms with E-state index in [-0.39, 0.29) is 24.3 Å². The summed E-state index contributed by atoms with van der Waals surface area (Å²) in [6.07, 6.45) is 1.69. The third kappa shape index (κ3) is 5.24. The van der Waals surface area contributed by atoms with Gasteiger partial charge in [0.15, 0.2) is 22.9 Å². The number of rotatable bonds is 9. The predicted molar refractivity (Wildman–Crippen MR) is 144 cm³/mol. The van der Waals surface area contributed by atoms with Gasteiger partial charge in [-0.05, 0) is 43.7 Å². The van der Waals surface area contributed by atoms with Crippen molar-refractivity contribution in [1.82, 2.24) is 4.57 Å². The Kier molecular flexibility index (Phi) is 8.36. The van der Waals surface area contributed by atoms with E-state index in [1.807, 2.05) is 12.1 Å². The van der Waals surface area contributed by atoms with Gasteiger partial charge in [-0.3, -0.25) is 9.36 Å². The number of nitriles is 1. The van der Waals surface area contributed by atoms with Crippen LogP contribution in [0.5, 0.6) is 23.0 Å². The lowest BCUT2D eigenvalue weighted by Crippen LogP contribution is -2.40. The molecule has 1 aliphatic rings. The molecule has 0 N–H and O–H groups in total. The topological polar surface area (TPSA) is 121 Å². The summed E-state index contributed by atoms with van der Waals surface area (Å²) in [6, 6.07) is 11.6. The number of allylic oxidation sites excluding steroid dienone is 1. The summed E-state index contributed by atoms with van der Waals surface area (Å²) in [5.74, 6) is 1.01. The molecule has 0 amide bonds. The van der Waals surface area contributed by atoms with Crippen molar-refractivity contribution in [3.63, 3.8) is 0 Å². The van der Waals surface area contributed by atoms with E-state index in [4.69, 9.17) is 28.9 Å². The van der Waals surface area contributed by atoms with Gasteiger partial charge in [-0.15, -0.1) is 0 Å². The number of fused-ring (bicyclic) bond motifs is 1. The summed E-state index contributed by atoms with van der Waals surface area (Å²) >= 11 is 1.18. The number of carbonyl (C=O) groups excluding carboxylic acids is 1. The van der Waals surface area contributed by atoms with Crippen LogP contribution in [0.1, 0.15) is 31.0 Å². The van der Waals surface area contributed by atoms with Crippen molar-refractivity contribution in [2.75, 3.05) is 34.5 Å². The molecule has 4 rings (SSSR count). The second kappa shape index (κ2) is 11.9. The fourth-order valence-corrected chi connectivity index (χ4v) is 5.39. The van der Waals surface area contributed by atoms with E-state index in [2.05, 4.69) is 4.99 Å². The maximum Gasteiger partial charge on any atom is 0.338 e. The zero-order valence-electron chi connectivity index (χ0n) is 22.1.